The van der Waals surface area contributed by atoms with E-state index in [-0.39, 0.29) is 0 Å². The van der Waals surface area contributed by atoms with Gasteiger partial charge in [-0.25, -0.2) is 0 Å². The summed E-state index contributed by atoms with van der Waals surface area (Å²) in [5.74, 6) is 0.761. The summed E-state index contributed by atoms with van der Waals surface area (Å²) in [4.78, 5) is 2.47. The van der Waals surface area contributed by atoms with Crippen LogP contribution in [0.15, 0.2) is 0 Å². The summed E-state index contributed by atoms with van der Waals surface area (Å²) in [6.45, 7) is 9.32. The van der Waals surface area contributed by atoms with Gasteiger partial charge in [-0.05, 0) is 52.2 Å². The standard InChI is InChI=1S/C12H26N2/c1-10(2)11(3)14(4)9-5-8-13-12-6-7-12/h10-13H,5-9H2,1-4H3. The maximum absolute atomic E-state index is 3.55. The topological polar surface area (TPSA) is 15.3 Å². The molecule has 0 aromatic heterocycles. The summed E-state index contributed by atoms with van der Waals surface area (Å²) >= 11 is 0. The zero-order valence-electron chi connectivity index (χ0n) is 10.2. The van der Waals surface area contributed by atoms with Crippen molar-refractivity contribution in [2.45, 2.75) is 52.1 Å². The first kappa shape index (κ1) is 12.0. The zero-order chi connectivity index (χ0) is 10.6. The van der Waals surface area contributed by atoms with Crippen LogP contribution in [0.5, 0.6) is 0 Å². The summed E-state index contributed by atoms with van der Waals surface area (Å²) in [6, 6.07) is 1.57. The van der Waals surface area contributed by atoms with Crippen LogP contribution in [0.1, 0.15) is 40.0 Å². The molecule has 1 atom stereocenters. The fourth-order valence-electron chi connectivity index (χ4n) is 1.63. The van der Waals surface area contributed by atoms with Gasteiger partial charge in [-0.2, -0.15) is 0 Å². The summed E-state index contributed by atoms with van der Waals surface area (Å²) in [5.41, 5.74) is 0. The van der Waals surface area contributed by atoms with E-state index in [4.69, 9.17) is 0 Å². The third-order valence-corrected chi connectivity index (χ3v) is 3.36. The van der Waals surface area contributed by atoms with Gasteiger partial charge in [0.25, 0.3) is 0 Å². The van der Waals surface area contributed by atoms with Crippen molar-refractivity contribution in [3.05, 3.63) is 0 Å². The van der Waals surface area contributed by atoms with Crippen LogP contribution in [0.4, 0.5) is 0 Å². The summed E-state index contributed by atoms with van der Waals surface area (Å²) in [6.07, 6.45) is 4.08. The number of hydrogen-bond acceptors (Lipinski definition) is 2. The van der Waals surface area contributed by atoms with Crippen LogP contribution >= 0.6 is 0 Å². The molecule has 0 amide bonds. The van der Waals surface area contributed by atoms with Crippen molar-refractivity contribution < 1.29 is 0 Å². The van der Waals surface area contributed by atoms with E-state index in [1.54, 1.807) is 0 Å². The highest BCUT2D eigenvalue weighted by Gasteiger charge is 2.19. The number of nitrogens with one attached hydrogen (secondary N) is 1. The average molecular weight is 198 g/mol. The average Bonchev–Trinajstić information content (AvgIpc) is 2.94. The molecular weight excluding hydrogens is 172 g/mol. The lowest BCUT2D eigenvalue weighted by Gasteiger charge is -2.27. The monoisotopic (exact) mass is 198 g/mol. The number of hydrogen-bond donors (Lipinski definition) is 1. The van der Waals surface area contributed by atoms with Gasteiger partial charge in [-0.1, -0.05) is 13.8 Å². The molecule has 0 spiro atoms. The van der Waals surface area contributed by atoms with E-state index in [2.05, 4.69) is 38.0 Å². The molecule has 0 bridgehead atoms. The Morgan fingerprint density at radius 2 is 1.93 bits per heavy atom. The highest BCUT2D eigenvalue weighted by molar-refractivity contribution is 4.80. The second kappa shape index (κ2) is 5.72. The smallest absolute Gasteiger partial charge is 0.00868 e. The van der Waals surface area contributed by atoms with Gasteiger partial charge in [0.1, 0.15) is 0 Å². The van der Waals surface area contributed by atoms with Crippen molar-refractivity contribution in [1.82, 2.24) is 10.2 Å². The third kappa shape index (κ3) is 4.43. The van der Waals surface area contributed by atoms with E-state index in [1.165, 1.54) is 32.4 Å². The highest BCUT2D eigenvalue weighted by Crippen LogP contribution is 2.18. The molecule has 0 radical (unpaired) electrons. The quantitative estimate of drug-likeness (QED) is 0.630. The molecule has 1 aliphatic rings. The van der Waals surface area contributed by atoms with Crippen molar-refractivity contribution in [2.75, 3.05) is 20.1 Å². The third-order valence-electron chi connectivity index (χ3n) is 3.36. The Morgan fingerprint density at radius 1 is 1.29 bits per heavy atom. The molecule has 0 heterocycles. The van der Waals surface area contributed by atoms with Gasteiger partial charge >= 0.3 is 0 Å². The minimum atomic E-state index is 0.705. The Balaban J connectivity index is 1.98. The number of rotatable bonds is 7. The van der Waals surface area contributed by atoms with Crippen LogP contribution < -0.4 is 5.32 Å². The molecule has 0 aliphatic heterocycles. The molecule has 1 rings (SSSR count). The molecule has 1 fully saturated rings. The molecule has 2 heteroatoms. The lowest BCUT2D eigenvalue weighted by molar-refractivity contribution is 0.205. The largest absolute Gasteiger partial charge is 0.314 e. The molecule has 1 saturated carbocycles. The first-order valence-corrected chi connectivity index (χ1v) is 6.05. The van der Waals surface area contributed by atoms with Crippen molar-refractivity contribution in [3.8, 4) is 0 Å². The van der Waals surface area contributed by atoms with E-state index in [9.17, 15) is 0 Å². The Kier molecular flexibility index (Phi) is 4.90. The van der Waals surface area contributed by atoms with Crippen LogP contribution in [0, 0.1) is 5.92 Å². The van der Waals surface area contributed by atoms with E-state index >= 15 is 0 Å². The predicted molar refractivity (Wildman–Crippen MR) is 62.6 cm³/mol. The first-order chi connectivity index (χ1) is 6.61. The Morgan fingerprint density at radius 3 is 2.43 bits per heavy atom. The summed E-state index contributed by atoms with van der Waals surface area (Å²) in [5, 5.41) is 3.55. The van der Waals surface area contributed by atoms with Crippen molar-refractivity contribution in [1.29, 1.82) is 0 Å². The molecule has 1 N–H and O–H groups in total. The van der Waals surface area contributed by atoms with Gasteiger partial charge < -0.3 is 10.2 Å². The van der Waals surface area contributed by atoms with Crippen molar-refractivity contribution >= 4 is 0 Å². The molecule has 2 nitrogen and oxygen atoms in total. The van der Waals surface area contributed by atoms with Crippen molar-refractivity contribution in [2.24, 2.45) is 5.92 Å². The Hall–Kier alpha value is -0.0800. The van der Waals surface area contributed by atoms with Gasteiger partial charge in [-0.3, -0.25) is 0 Å². The minimum absolute atomic E-state index is 0.705. The van der Waals surface area contributed by atoms with Crippen molar-refractivity contribution in [3.63, 3.8) is 0 Å². The van der Waals surface area contributed by atoms with Crippen LogP contribution in [-0.2, 0) is 0 Å². The SMILES string of the molecule is CC(C)C(C)N(C)CCCNC1CC1. The Labute approximate surface area is 89.1 Å². The lowest BCUT2D eigenvalue weighted by Crippen LogP contribution is -2.35. The lowest BCUT2D eigenvalue weighted by atomic mass is 10.1. The van der Waals surface area contributed by atoms with E-state index in [0.717, 1.165) is 12.0 Å². The van der Waals surface area contributed by atoms with Crippen LogP contribution in [-0.4, -0.2) is 37.1 Å². The van der Waals surface area contributed by atoms with Crippen LogP contribution in [0.3, 0.4) is 0 Å². The fraction of sp³-hybridized carbons (Fsp3) is 1.00. The molecule has 84 valence electrons. The highest BCUT2D eigenvalue weighted by atomic mass is 15.1. The van der Waals surface area contributed by atoms with E-state index < -0.39 is 0 Å². The second-order valence-electron chi connectivity index (χ2n) is 5.05. The second-order valence-corrected chi connectivity index (χ2v) is 5.05. The van der Waals surface area contributed by atoms with Gasteiger partial charge in [-0.15, -0.1) is 0 Å². The molecule has 0 saturated heterocycles. The minimum Gasteiger partial charge on any atom is -0.314 e. The van der Waals surface area contributed by atoms with E-state index in [0.29, 0.717) is 6.04 Å². The Bertz CT molecular complexity index is 152. The van der Waals surface area contributed by atoms with Crippen LogP contribution in [0.2, 0.25) is 0 Å². The number of nitrogens with zero attached hydrogens (tertiary/aromatic N) is 1. The normalized spacial score (nSPS) is 19.3. The molecule has 14 heavy (non-hydrogen) atoms. The molecular formula is C12H26N2. The fourth-order valence-corrected chi connectivity index (χ4v) is 1.63. The van der Waals surface area contributed by atoms with Gasteiger partial charge in [0.2, 0.25) is 0 Å². The predicted octanol–water partition coefficient (Wildman–Crippen LogP) is 2.10. The van der Waals surface area contributed by atoms with Gasteiger partial charge in [0.15, 0.2) is 0 Å². The molecule has 1 unspecified atom stereocenters. The van der Waals surface area contributed by atoms with E-state index in [1.807, 2.05) is 0 Å². The maximum Gasteiger partial charge on any atom is 0.00868 e. The molecule has 0 aromatic rings. The first-order valence-electron chi connectivity index (χ1n) is 6.05. The zero-order valence-corrected chi connectivity index (χ0v) is 10.2. The molecule has 1 aliphatic carbocycles. The van der Waals surface area contributed by atoms with Gasteiger partial charge in [0.05, 0.1) is 0 Å². The van der Waals surface area contributed by atoms with Crippen LogP contribution in [0.25, 0.3) is 0 Å². The van der Waals surface area contributed by atoms with Gasteiger partial charge in [0, 0.05) is 12.1 Å². The summed E-state index contributed by atoms with van der Waals surface area (Å²) in [7, 11) is 2.24. The summed E-state index contributed by atoms with van der Waals surface area (Å²) < 4.78 is 0. The maximum atomic E-state index is 3.55. The molecule has 0 aromatic carbocycles.